The first-order valence-corrected chi connectivity index (χ1v) is 15.5. The van der Waals surface area contributed by atoms with Gasteiger partial charge in [0.2, 0.25) is 35.4 Å². The molecule has 2 fully saturated rings. The van der Waals surface area contributed by atoms with Crippen molar-refractivity contribution in [3.63, 3.8) is 0 Å². The molecule has 248 valence electrons. The Morgan fingerprint density at radius 2 is 1.55 bits per heavy atom. The van der Waals surface area contributed by atoms with Crippen molar-refractivity contribution in [2.24, 2.45) is 11.8 Å². The number of amides is 6. The second kappa shape index (κ2) is 17.5. The van der Waals surface area contributed by atoms with Crippen LogP contribution in [0.2, 0.25) is 0 Å². The van der Waals surface area contributed by atoms with Gasteiger partial charge in [0.25, 0.3) is 0 Å². The molecule has 0 aromatic heterocycles. The van der Waals surface area contributed by atoms with Gasteiger partial charge in [-0.3, -0.25) is 28.8 Å². The summed E-state index contributed by atoms with van der Waals surface area (Å²) in [6.45, 7) is 9.05. The number of carbonyl (C=O) groups excluding carboxylic acids is 6. The van der Waals surface area contributed by atoms with E-state index in [4.69, 9.17) is 0 Å². The van der Waals surface area contributed by atoms with Crippen LogP contribution < -0.4 is 31.9 Å². The summed E-state index contributed by atoms with van der Waals surface area (Å²) in [7, 11) is 0. The maximum atomic E-state index is 13.1. The van der Waals surface area contributed by atoms with Crippen molar-refractivity contribution < 1.29 is 38.7 Å². The Labute approximate surface area is 258 Å². The summed E-state index contributed by atoms with van der Waals surface area (Å²) in [6.07, 6.45) is 3.38. The molecule has 0 bridgehead atoms. The van der Waals surface area contributed by atoms with Crippen molar-refractivity contribution in [1.82, 2.24) is 36.8 Å². The van der Waals surface area contributed by atoms with Gasteiger partial charge < -0.3 is 41.9 Å². The van der Waals surface area contributed by atoms with Gasteiger partial charge in [-0.25, -0.2) is 4.79 Å². The van der Waals surface area contributed by atoms with Crippen molar-refractivity contribution in [2.75, 3.05) is 26.2 Å². The fourth-order valence-corrected chi connectivity index (χ4v) is 5.21. The van der Waals surface area contributed by atoms with Crippen molar-refractivity contribution in [3.8, 4) is 0 Å². The molecule has 0 spiro atoms. The lowest BCUT2D eigenvalue weighted by molar-refractivity contribution is -0.148. The first kappa shape index (κ1) is 36.4. The number of hydrogen-bond acceptors (Lipinski definition) is 8. The normalized spacial score (nSPS) is 20.6. The molecule has 2 rings (SSSR count). The van der Waals surface area contributed by atoms with E-state index >= 15 is 0 Å². The molecule has 15 nitrogen and oxygen atoms in total. The van der Waals surface area contributed by atoms with E-state index in [1.54, 1.807) is 6.92 Å². The van der Waals surface area contributed by atoms with E-state index in [1.807, 2.05) is 20.8 Å². The van der Waals surface area contributed by atoms with E-state index in [9.17, 15) is 38.7 Å². The van der Waals surface area contributed by atoms with Gasteiger partial charge >= 0.3 is 5.97 Å². The third-order valence-electron chi connectivity index (χ3n) is 7.98. The molecule has 0 aromatic carbocycles. The average molecular weight is 624 g/mol. The Kier molecular flexibility index (Phi) is 14.5. The van der Waals surface area contributed by atoms with Crippen molar-refractivity contribution in [3.05, 3.63) is 0 Å². The molecule has 44 heavy (non-hydrogen) atoms. The Morgan fingerprint density at radius 1 is 0.864 bits per heavy atom. The monoisotopic (exact) mass is 623 g/mol. The fourth-order valence-electron chi connectivity index (χ4n) is 5.21. The molecule has 15 heteroatoms. The number of carbonyl (C=O) groups is 7. The van der Waals surface area contributed by atoms with E-state index in [0.717, 1.165) is 13.0 Å². The van der Waals surface area contributed by atoms with Crippen LogP contribution in [0.3, 0.4) is 0 Å². The van der Waals surface area contributed by atoms with Crippen molar-refractivity contribution >= 4 is 41.4 Å². The second-order valence-corrected chi connectivity index (χ2v) is 12.0. The SMILES string of the molecule is CCC(C)C(NC(=O)CNC(=O)C(CC(C)C)NC(=O)C1CCCN1)C(=O)NC(C)C(=O)NCC(=O)N1CCCC1C(=O)O. The van der Waals surface area contributed by atoms with E-state index in [-0.39, 0.29) is 23.8 Å². The van der Waals surface area contributed by atoms with Crippen LogP contribution in [0.4, 0.5) is 0 Å². The number of hydrogen-bond donors (Lipinski definition) is 7. The maximum Gasteiger partial charge on any atom is 0.326 e. The lowest BCUT2D eigenvalue weighted by atomic mass is 9.98. The lowest BCUT2D eigenvalue weighted by Crippen LogP contribution is -2.57. The first-order chi connectivity index (χ1) is 20.7. The van der Waals surface area contributed by atoms with Crippen LogP contribution in [-0.4, -0.2) is 108 Å². The predicted octanol–water partition coefficient (Wildman–Crippen LogP) is -1.39. The Hall–Kier alpha value is -3.75. The summed E-state index contributed by atoms with van der Waals surface area (Å²) in [5, 5.41) is 25.3. The van der Waals surface area contributed by atoms with Gasteiger partial charge in [0.1, 0.15) is 24.2 Å². The van der Waals surface area contributed by atoms with Crippen LogP contribution in [0, 0.1) is 11.8 Å². The molecule has 2 aliphatic rings. The largest absolute Gasteiger partial charge is 0.480 e. The second-order valence-electron chi connectivity index (χ2n) is 12.0. The van der Waals surface area contributed by atoms with E-state index in [1.165, 1.54) is 11.8 Å². The van der Waals surface area contributed by atoms with E-state index in [0.29, 0.717) is 38.6 Å². The van der Waals surface area contributed by atoms with Crippen molar-refractivity contribution in [2.45, 2.75) is 103 Å². The molecule has 2 aliphatic heterocycles. The third kappa shape index (κ3) is 11.1. The van der Waals surface area contributed by atoms with Gasteiger partial charge in [-0.2, -0.15) is 0 Å². The van der Waals surface area contributed by atoms with Crippen LogP contribution >= 0.6 is 0 Å². The molecular weight excluding hydrogens is 574 g/mol. The van der Waals surface area contributed by atoms with Crippen LogP contribution in [0.1, 0.15) is 73.1 Å². The molecular formula is C29H49N7O8. The van der Waals surface area contributed by atoms with Gasteiger partial charge in [0, 0.05) is 6.54 Å². The zero-order chi connectivity index (χ0) is 33.0. The van der Waals surface area contributed by atoms with E-state index < -0.39 is 72.8 Å². The van der Waals surface area contributed by atoms with Crippen LogP contribution in [0.5, 0.6) is 0 Å². The molecule has 7 N–H and O–H groups in total. The Bertz CT molecular complexity index is 1060. The summed E-state index contributed by atoms with van der Waals surface area (Å²) in [5.74, 6) is -4.49. The average Bonchev–Trinajstić information content (AvgIpc) is 3.69. The van der Waals surface area contributed by atoms with Crippen LogP contribution in [0.25, 0.3) is 0 Å². The molecule has 2 saturated heterocycles. The smallest absolute Gasteiger partial charge is 0.326 e. The van der Waals surface area contributed by atoms with Crippen LogP contribution in [0.15, 0.2) is 0 Å². The quantitative estimate of drug-likeness (QED) is 0.108. The van der Waals surface area contributed by atoms with Gasteiger partial charge in [-0.1, -0.05) is 34.1 Å². The first-order valence-electron chi connectivity index (χ1n) is 15.5. The minimum absolute atomic E-state index is 0.106. The Balaban J connectivity index is 1.89. The number of nitrogens with one attached hydrogen (secondary N) is 6. The maximum absolute atomic E-state index is 13.1. The van der Waals surface area contributed by atoms with Crippen LogP contribution in [-0.2, 0) is 33.6 Å². The summed E-state index contributed by atoms with van der Waals surface area (Å²) < 4.78 is 0. The third-order valence-corrected chi connectivity index (χ3v) is 7.98. The summed E-state index contributed by atoms with van der Waals surface area (Å²) in [6, 6.07) is -4.16. The van der Waals surface area contributed by atoms with Gasteiger partial charge in [-0.05, 0) is 57.4 Å². The molecule has 0 saturated carbocycles. The summed E-state index contributed by atoms with van der Waals surface area (Å²) in [4.78, 5) is 88.9. The highest BCUT2D eigenvalue weighted by molar-refractivity contribution is 5.95. The zero-order valence-corrected chi connectivity index (χ0v) is 26.4. The Morgan fingerprint density at radius 3 is 2.14 bits per heavy atom. The summed E-state index contributed by atoms with van der Waals surface area (Å²) >= 11 is 0. The highest BCUT2D eigenvalue weighted by Gasteiger charge is 2.34. The highest BCUT2D eigenvalue weighted by atomic mass is 16.4. The number of rotatable bonds is 16. The minimum atomic E-state index is -1.10. The predicted molar refractivity (Wildman–Crippen MR) is 160 cm³/mol. The van der Waals surface area contributed by atoms with E-state index in [2.05, 4.69) is 31.9 Å². The highest BCUT2D eigenvalue weighted by Crippen LogP contribution is 2.17. The molecule has 2 heterocycles. The van der Waals surface area contributed by atoms with Crippen molar-refractivity contribution in [1.29, 1.82) is 0 Å². The standard InChI is InChI=1S/C29H49N7O8/c1-6-17(4)24(28(42)33-18(5)25(39)32-15-23(38)36-12-8-10-21(36)29(43)44)35-22(37)14-31-26(40)20(13-16(2)3)34-27(41)19-9-7-11-30-19/h16-21,24,30H,6-15H2,1-5H3,(H,31,40)(H,32,39)(H,33,42)(H,34,41)(H,35,37)(H,43,44). The number of nitrogens with zero attached hydrogens (tertiary/aromatic N) is 1. The van der Waals surface area contributed by atoms with Gasteiger partial charge in [-0.15, -0.1) is 0 Å². The number of carboxylic acid groups (broad SMARTS) is 1. The lowest BCUT2D eigenvalue weighted by Gasteiger charge is -2.26. The molecule has 6 amide bonds. The zero-order valence-electron chi connectivity index (χ0n) is 26.4. The minimum Gasteiger partial charge on any atom is -0.480 e. The number of aliphatic carboxylic acids is 1. The number of carboxylic acids is 1. The molecule has 0 aromatic rings. The van der Waals surface area contributed by atoms with Gasteiger partial charge in [0.15, 0.2) is 0 Å². The number of likely N-dealkylation sites (tertiary alicyclic amines) is 1. The molecule has 0 aliphatic carbocycles. The molecule has 0 radical (unpaired) electrons. The fraction of sp³-hybridized carbons (Fsp3) is 0.759. The topological polar surface area (TPSA) is 215 Å². The summed E-state index contributed by atoms with van der Waals surface area (Å²) in [5.41, 5.74) is 0. The molecule has 6 atom stereocenters. The molecule has 6 unspecified atom stereocenters. The van der Waals surface area contributed by atoms with Gasteiger partial charge in [0.05, 0.1) is 19.1 Å².